The topological polar surface area (TPSA) is 25.8 Å². The van der Waals surface area contributed by atoms with Gasteiger partial charge in [0.15, 0.2) is 0 Å². The zero-order valence-electron chi connectivity index (χ0n) is 31.8. The molecule has 2 aromatic heterocycles. The Labute approximate surface area is 339 Å². The number of rotatable bonds is 8. The molecule has 0 amide bonds. The largest absolute Gasteiger partial charge is 0.248 e. The van der Waals surface area contributed by atoms with E-state index < -0.39 is 0 Å². The minimum absolute atomic E-state index is 0.927. The van der Waals surface area contributed by atoms with E-state index in [1.54, 1.807) is 0 Å². The van der Waals surface area contributed by atoms with E-state index in [0.29, 0.717) is 0 Å². The average Bonchev–Trinajstić information content (AvgIpc) is 3.32. The fourth-order valence-electron chi connectivity index (χ4n) is 7.82. The Morgan fingerprint density at radius 2 is 0.586 bits per heavy atom. The molecular formula is C56H38N2. The first-order valence-electron chi connectivity index (χ1n) is 19.7. The molecule has 2 heteroatoms. The molecule has 10 rings (SSSR count). The van der Waals surface area contributed by atoms with Crippen LogP contribution in [0.15, 0.2) is 231 Å². The molecule has 0 aliphatic rings. The lowest BCUT2D eigenvalue weighted by Gasteiger charge is -2.14. The maximum atomic E-state index is 5.28. The quantitative estimate of drug-likeness (QED) is 0.155. The van der Waals surface area contributed by atoms with Gasteiger partial charge in [-0.15, -0.1) is 0 Å². The number of aromatic nitrogens is 2. The summed E-state index contributed by atoms with van der Waals surface area (Å²) in [6, 6.07) is 81.8. The predicted octanol–water partition coefficient (Wildman–Crippen LogP) is 15.0. The van der Waals surface area contributed by atoms with Crippen molar-refractivity contribution in [2.75, 3.05) is 0 Å². The minimum Gasteiger partial charge on any atom is -0.248 e. The number of pyridine rings is 2. The first-order chi connectivity index (χ1) is 28.7. The van der Waals surface area contributed by atoms with Gasteiger partial charge in [-0.3, -0.25) is 0 Å². The molecule has 0 fully saturated rings. The zero-order chi connectivity index (χ0) is 38.7. The first-order valence-corrected chi connectivity index (χ1v) is 19.7. The Bertz CT molecular complexity index is 2940. The SMILES string of the molecule is c1ccc(-c2ccc(-c3ccc4nc(-c5ccc(-c6ccccc6)cc5)cc(-c5cccc(-c6cc(-c7ccccc7)cc(-c7ccccc7)n6)c5)c4c3)cc2)cc1. The highest BCUT2D eigenvalue weighted by atomic mass is 14.7. The zero-order valence-corrected chi connectivity index (χ0v) is 31.8. The van der Waals surface area contributed by atoms with Crippen LogP contribution < -0.4 is 0 Å². The van der Waals surface area contributed by atoms with E-state index in [1.165, 1.54) is 22.3 Å². The molecule has 0 spiro atoms. The van der Waals surface area contributed by atoms with Crippen molar-refractivity contribution in [2.24, 2.45) is 0 Å². The summed E-state index contributed by atoms with van der Waals surface area (Å²) in [5.74, 6) is 0. The average molecular weight is 739 g/mol. The van der Waals surface area contributed by atoms with Gasteiger partial charge in [0.1, 0.15) is 0 Å². The standard InChI is InChI=1S/C56H38N2/c1-5-14-39(15-6-1)42-24-26-44(27-25-42)47-32-33-53-52(35-47)51(38-56(57-53)46-30-28-43(29-31-46)40-16-7-2-8-17-40)48-22-13-23-49(34-48)55-37-50(41-18-9-3-10-19-41)36-54(58-55)45-20-11-4-12-21-45/h1-38H. The van der Waals surface area contributed by atoms with E-state index >= 15 is 0 Å². The summed E-state index contributed by atoms with van der Waals surface area (Å²) < 4.78 is 0. The van der Waals surface area contributed by atoms with Gasteiger partial charge in [0, 0.05) is 22.1 Å². The van der Waals surface area contributed by atoms with Crippen LogP contribution in [0.4, 0.5) is 0 Å². The van der Waals surface area contributed by atoms with E-state index in [2.05, 4.69) is 224 Å². The van der Waals surface area contributed by atoms with Crippen LogP contribution in [0.2, 0.25) is 0 Å². The summed E-state index contributed by atoms with van der Waals surface area (Å²) in [5, 5.41) is 1.10. The third-order valence-electron chi connectivity index (χ3n) is 10.9. The second-order valence-electron chi connectivity index (χ2n) is 14.6. The molecule has 0 saturated heterocycles. The second-order valence-corrected chi connectivity index (χ2v) is 14.6. The molecule has 0 bridgehead atoms. The molecule has 10 aromatic rings. The molecule has 0 radical (unpaired) electrons. The Balaban J connectivity index is 1.11. The van der Waals surface area contributed by atoms with Crippen LogP contribution in [-0.4, -0.2) is 9.97 Å². The Hall–Kier alpha value is -7.68. The highest BCUT2D eigenvalue weighted by Gasteiger charge is 2.15. The highest BCUT2D eigenvalue weighted by molar-refractivity contribution is 5.99. The van der Waals surface area contributed by atoms with Crippen LogP contribution in [0, 0.1) is 0 Å². The van der Waals surface area contributed by atoms with Crippen molar-refractivity contribution in [2.45, 2.75) is 0 Å². The van der Waals surface area contributed by atoms with Gasteiger partial charge in [0.05, 0.1) is 22.6 Å². The van der Waals surface area contributed by atoms with Crippen LogP contribution in [0.25, 0.3) is 100 Å². The number of hydrogen-bond acceptors (Lipinski definition) is 2. The Morgan fingerprint density at radius 1 is 0.207 bits per heavy atom. The van der Waals surface area contributed by atoms with Crippen LogP contribution in [0.3, 0.4) is 0 Å². The summed E-state index contributed by atoms with van der Waals surface area (Å²) in [6.07, 6.45) is 0. The molecule has 8 aromatic carbocycles. The Kier molecular flexibility index (Phi) is 9.27. The monoisotopic (exact) mass is 738 g/mol. The molecule has 0 unspecified atom stereocenters. The predicted molar refractivity (Wildman–Crippen MR) is 243 cm³/mol. The molecule has 0 aliphatic carbocycles. The number of hydrogen-bond donors (Lipinski definition) is 0. The van der Waals surface area contributed by atoms with E-state index in [-0.39, 0.29) is 0 Å². The van der Waals surface area contributed by atoms with Crippen molar-refractivity contribution in [1.29, 1.82) is 0 Å². The molecule has 0 aliphatic heterocycles. The van der Waals surface area contributed by atoms with Gasteiger partial charge < -0.3 is 0 Å². The van der Waals surface area contributed by atoms with Crippen molar-refractivity contribution in [3.63, 3.8) is 0 Å². The third kappa shape index (κ3) is 7.11. The van der Waals surface area contributed by atoms with Crippen molar-refractivity contribution in [3.05, 3.63) is 231 Å². The molecule has 272 valence electrons. The second kappa shape index (κ2) is 15.5. The van der Waals surface area contributed by atoms with E-state index in [1.807, 2.05) is 6.07 Å². The van der Waals surface area contributed by atoms with E-state index in [0.717, 1.165) is 78.1 Å². The lowest BCUT2D eigenvalue weighted by molar-refractivity contribution is 1.32. The Morgan fingerprint density at radius 3 is 1.16 bits per heavy atom. The molecule has 0 atom stereocenters. The summed E-state index contributed by atoms with van der Waals surface area (Å²) in [4.78, 5) is 10.5. The molecule has 0 N–H and O–H groups in total. The van der Waals surface area contributed by atoms with Gasteiger partial charge in [-0.05, 0) is 92.0 Å². The summed E-state index contributed by atoms with van der Waals surface area (Å²) in [6.45, 7) is 0. The van der Waals surface area contributed by atoms with E-state index in [9.17, 15) is 0 Å². The normalized spacial score (nSPS) is 11.1. The van der Waals surface area contributed by atoms with Crippen LogP contribution in [0.1, 0.15) is 0 Å². The maximum absolute atomic E-state index is 5.28. The van der Waals surface area contributed by atoms with Gasteiger partial charge >= 0.3 is 0 Å². The smallest absolute Gasteiger partial charge is 0.0716 e. The van der Waals surface area contributed by atoms with Crippen LogP contribution >= 0.6 is 0 Å². The number of benzene rings is 8. The minimum atomic E-state index is 0.927. The first kappa shape index (κ1) is 34.8. The molecule has 2 nitrogen and oxygen atoms in total. The fraction of sp³-hybridized carbons (Fsp3) is 0. The summed E-state index contributed by atoms with van der Waals surface area (Å²) >= 11 is 0. The molecular weight excluding hydrogens is 701 g/mol. The van der Waals surface area contributed by atoms with Crippen molar-refractivity contribution in [1.82, 2.24) is 9.97 Å². The molecule has 2 heterocycles. The van der Waals surface area contributed by atoms with Gasteiger partial charge in [0.2, 0.25) is 0 Å². The van der Waals surface area contributed by atoms with Gasteiger partial charge in [-0.2, -0.15) is 0 Å². The number of nitrogens with zero attached hydrogens (tertiary/aromatic N) is 2. The van der Waals surface area contributed by atoms with Gasteiger partial charge in [-0.25, -0.2) is 9.97 Å². The fourth-order valence-corrected chi connectivity index (χ4v) is 7.82. The van der Waals surface area contributed by atoms with Gasteiger partial charge in [0.25, 0.3) is 0 Å². The molecule has 0 saturated carbocycles. The van der Waals surface area contributed by atoms with Crippen LogP contribution in [-0.2, 0) is 0 Å². The summed E-state index contributed by atoms with van der Waals surface area (Å²) in [7, 11) is 0. The van der Waals surface area contributed by atoms with Gasteiger partial charge in [-0.1, -0.05) is 194 Å². The van der Waals surface area contributed by atoms with E-state index in [4.69, 9.17) is 9.97 Å². The van der Waals surface area contributed by atoms with Crippen LogP contribution in [0.5, 0.6) is 0 Å². The highest BCUT2D eigenvalue weighted by Crippen LogP contribution is 2.38. The lowest BCUT2D eigenvalue weighted by Crippen LogP contribution is -1.93. The third-order valence-corrected chi connectivity index (χ3v) is 10.9. The van der Waals surface area contributed by atoms with Crippen molar-refractivity contribution in [3.8, 4) is 89.4 Å². The van der Waals surface area contributed by atoms with Crippen molar-refractivity contribution < 1.29 is 0 Å². The van der Waals surface area contributed by atoms with Crippen molar-refractivity contribution >= 4 is 10.9 Å². The number of fused-ring (bicyclic) bond motifs is 1. The maximum Gasteiger partial charge on any atom is 0.0716 e. The summed E-state index contributed by atoms with van der Waals surface area (Å²) in [5.41, 5.74) is 18.6. The molecule has 58 heavy (non-hydrogen) atoms. The lowest BCUT2D eigenvalue weighted by atomic mass is 9.93.